The molecule has 0 saturated carbocycles. The SMILES string of the molecule is CCN1C(=S)N[C@H](c2cccc(NC(=O)Nc3ccc(C#N)cc3)c2)C(C(=O)OC)=C1C. The predicted octanol–water partition coefficient (Wildman–Crippen LogP) is 3.90. The molecule has 1 aliphatic rings. The van der Waals surface area contributed by atoms with Gasteiger partial charge in [0, 0.05) is 23.6 Å². The lowest BCUT2D eigenvalue weighted by Gasteiger charge is -2.37. The Hall–Kier alpha value is -3.90. The summed E-state index contributed by atoms with van der Waals surface area (Å²) in [6.07, 6.45) is 0. The molecule has 2 aromatic rings. The second-order valence-corrected chi connectivity index (χ2v) is 7.40. The van der Waals surface area contributed by atoms with E-state index in [-0.39, 0.29) is 0 Å². The molecule has 0 spiro atoms. The van der Waals surface area contributed by atoms with Gasteiger partial charge >= 0.3 is 12.0 Å². The summed E-state index contributed by atoms with van der Waals surface area (Å²) in [6, 6.07) is 14.8. The van der Waals surface area contributed by atoms with Gasteiger partial charge in [-0.25, -0.2) is 9.59 Å². The van der Waals surface area contributed by atoms with Crippen LogP contribution in [-0.2, 0) is 9.53 Å². The fraction of sp³-hybridized carbons (Fsp3) is 0.217. The number of carbonyl (C=O) groups is 2. The van der Waals surface area contributed by atoms with E-state index in [2.05, 4.69) is 16.0 Å². The molecule has 0 aliphatic carbocycles. The van der Waals surface area contributed by atoms with Crippen LogP contribution in [0.3, 0.4) is 0 Å². The summed E-state index contributed by atoms with van der Waals surface area (Å²) in [4.78, 5) is 26.8. The number of rotatable bonds is 5. The fourth-order valence-electron chi connectivity index (χ4n) is 3.50. The van der Waals surface area contributed by atoms with E-state index in [0.717, 1.165) is 11.3 Å². The molecule has 0 aromatic heterocycles. The number of esters is 1. The first-order valence-electron chi connectivity index (χ1n) is 9.93. The number of amides is 2. The van der Waals surface area contributed by atoms with Gasteiger partial charge in [0.2, 0.25) is 0 Å². The van der Waals surface area contributed by atoms with Gasteiger partial charge in [-0.3, -0.25) is 0 Å². The molecule has 9 heteroatoms. The molecule has 8 nitrogen and oxygen atoms in total. The summed E-state index contributed by atoms with van der Waals surface area (Å²) in [7, 11) is 1.34. The summed E-state index contributed by atoms with van der Waals surface area (Å²) >= 11 is 5.48. The Morgan fingerprint density at radius 3 is 2.50 bits per heavy atom. The number of nitrogens with zero attached hydrogens (tertiary/aromatic N) is 2. The Morgan fingerprint density at radius 1 is 1.19 bits per heavy atom. The smallest absolute Gasteiger partial charge is 0.337 e. The van der Waals surface area contributed by atoms with Crippen LogP contribution in [0.1, 0.15) is 31.0 Å². The van der Waals surface area contributed by atoms with E-state index in [1.54, 1.807) is 42.5 Å². The minimum absolute atomic E-state index is 0.434. The molecule has 2 amide bonds. The lowest BCUT2D eigenvalue weighted by molar-refractivity contribution is -0.136. The normalized spacial score (nSPS) is 15.5. The molecule has 0 bridgehead atoms. The number of carbonyl (C=O) groups excluding carboxylic acids is 2. The number of thiocarbonyl (C=S) groups is 1. The second-order valence-electron chi connectivity index (χ2n) is 7.01. The number of nitrogens with one attached hydrogen (secondary N) is 3. The molecule has 1 aliphatic heterocycles. The van der Waals surface area contributed by atoms with Crippen LogP contribution >= 0.6 is 12.2 Å². The number of nitriles is 1. The van der Waals surface area contributed by atoms with Crippen molar-refractivity contribution < 1.29 is 14.3 Å². The van der Waals surface area contributed by atoms with Crippen molar-refractivity contribution >= 4 is 40.7 Å². The van der Waals surface area contributed by atoms with Crippen LogP contribution < -0.4 is 16.0 Å². The number of hydrogen-bond acceptors (Lipinski definition) is 5. The molecule has 0 unspecified atom stereocenters. The molecule has 0 saturated heterocycles. The number of benzene rings is 2. The van der Waals surface area contributed by atoms with Crippen molar-refractivity contribution in [3.05, 3.63) is 70.9 Å². The summed E-state index contributed by atoms with van der Waals surface area (Å²) in [5.41, 5.74) is 3.54. The zero-order valence-corrected chi connectivity index (χ0v) is 18.7. The first kappa shape index (κ1) is 22.8. The van der Waals surface area contributed by atoms with Gasteiger partial charge in [-0.1, -0.05) is 12.1 Å². The number of hydrogen-bond donors (Lipinski definition) is 3. The van der Waals surface area contributed by atoms with Crippen LogP contribution in [0.25, 0.3) is 0 Å². The molecule has 3 N–H and O–H groups in total. The van der Waals surface area contributed by atoms with Gasteiger partial charge in [0.25, 0.3) is 0 Å². The maximum absolute atomic E-state index is 12.6. The Morgan fingerprint density at radius 2 is 1.88 bits per heavy atom. The quantitative estimate of drug-likeness (QED) is 0.469. The van der Waals surface area contributed by atoms with E-state index in [9.17, 15) is 9.59 Å². The molecule has 1 heterocycles. The average Bonchev–Trinajstić information content (AvgIpc) is 2.79. The largest absolute Gasteiger partial charge is 0.466 e. The maximum atomic E-state index is 12.6. The van der Waals surface area contributed by atoms with Crippen molar-refractivity contribution in [2.24, 2.45) is 0 Å². The van der Waals surface area contributed by atoms with Crippen molar-refractivity contribution in [2.45, 2.75) is 19.9 Å². The van der Waals surface area contributed by atoms with Crippen LogP contribution in [-0.4, -0.2) is 35.7 Å². The van der Waals surface area contributed by atoms with Gasteiger partial charge in [-0.2, -0.15) is 5.26 Å². The minimum atomic E-state index is -0.513. The Labute approximate surface area is 191 Å². The van der Waals surface area contributed by atoms with E-state index < -0.39 is 18.0 Å². The zero-order chi connectivity index (χ0) is 23.3. The molecular formula is C23H23N5O3S. The van der Waals surface area contributed by atoms with E-state index >= 15 is 0 Å². The Balaban J connectivity index is 1.83. The van der Waals surface area contributed by atoms with Crippen molar-refractivity contribution in [1.29, 1.82) is 5.26 Å². The molecular weight excluding hydrogens is 426 g/mol. The van der Waals surface area contributed by atoms with Crippen molar-refractivity contribution in [2.75, 3.05) is 24.3 Å². The lowest BCUT2D eigenvalue weighted by atomic mass is 9.94. The van der Waals surface area contributed by atoms with Crippen molar-refractivity contribution in [3.63, 3.8) is 0 Å². The van der Waals surface area contributed by atoms with E-state index in [1.165, 1.54) is 7.11 Å². The highest BCUT2D eigenvalue weighted by atomic mass is 32.1. The van der Waals surface area contributed by atoms with E-state index in [4.69, 9.17) is 22.2 Å². The van der Waals surface area contributed by atoms with Crippen molar-refractivity contribution in [1.82, 2.24) is 10.2 Å². The number of anilines is 2. The number of urea groups is 1. The molecule has 32 heavy (non-hydrogen) atoms. The molecule has 0 fully saturated rings. The average molecular weight is 450 g/mol. The van der Waals surface area contributed by atoms with Gasteiger partial charge in [0.15, 0.2) is 5.11 Å². The summed E-state index contributed by atoms with van der Waals surface area (Å²) in [6.45, 7) is 4.40. The predicted molar refractivity (Wildman–Crippen MR) is 126 cm³/mol. The topological polar surface area (TPSA) is 106 Å². The van der Waals surface area contributed by atoms with E-state index in [0.29, 0.717) is 34.2 Å². The summed E-state index contributed by atoms with van der Waals surface area (Å²) in [5, 5.41) is 18.1. The van der Waals surface area contributed by atoms with E-state index in [1.807, 2.05) is 30.9 Å². The number of allylic oxidation sites excluding steroid dienone is 1. The summed E-state index contributed by atoms with van der Waals surface area (Å²) in [5.74, 6) is -0.446. The molecule has 164 valence electrons. The van der Waals surface area contributed by atoms with Crippen LogP contribution in [0.15, 0.2) is 59.8 Å². The lowest BCUT2D eigenvalue weighted by Crippen LogP contribution is -2.47. The standard InChI is InChI=1S/C23H23N5O3S/c1-4-28-14(2)19(21(29)31-3)20(27-23(28)32)16-6-5-7-18(12-16)26-22(30)25-17-10-8-15(13-24)9-11-17/h5-12,20H,4H2,1-3H3,(H,27,32)(H2,25,26,30)/t20-/m1/s1. The third kappa shape index (κ3) is 4.87. The van der Waals surface area contributed by atoms with Gasteiger partial charge in [0.05, 0.1) is 30.4 Å². The van der Waals surface area contributed by atoms with Crippen LogP contribution in [0.4, 0.5) is 16.2 Å². The molecule has 0 radical (unpaired) electrons. The van der Waals surface area contributed by atoms with Gasteiger partial charge in [-0.15, -0.1) is 0 Å². The number of ether oxygens (including phenoxy) is 1. The first-order chi connectivity index (χ1) is 15.4. The van der Waals surface area contributed by atoms with Gasteiger partial charge < -0.3 is 25.6 Å². The third-order valence-electron chi connectivity index (χ3n) is 5.07. The molecule has 2 aromatic carbocycles. The Kier molecular flexibility index (Phi) is 7.07. The monoisotopic (exact) mass is 449 g/mol. The Bertz CT molecular complexity index is 1120. The first-order valence-corrected chi connectivity index (χ1v) is 10.3. The van der Waals surface area contributed by atoms with Crippen LogP contribution in [0, 0.1) is 11.3 Å². The van der Waals surface area contributed by atoms with Gasteiger partial charge in [-0.05, 0) is 68.0 Å². The minimum Gasteiger partial charge on any atom is -0.466 e. The van der Waals surface area contributed by atoms with Gasteiger partial charge in [0.1, 0.15) is 0 Å². The second kappa shape index (κ2) is 9.94. The summed E-state index contributed by atoms with van der Waals surface area (Å²) < 4.78 is 5.01. The maximum Gasteiger partial charge on any atom is 0.337 e. The highest BCUT2D eigenvalue weighted by Gasteiger charge is 2.34. The fourth-order valence-corrected chi connectivity index (χ4v) is 3.89. The molecule has 3 rings (SSSR count). The highest BCUT2D eigenvalue weighted by Crippen LogP contribution is 2.32. The van der Waals surface area contributed by atoms with Crippen molar-refractivity contribution in [3.8, 4) is 6.07 Å². The molecule has 1 atom stereocenters. The van der Waals surface area contributed by atoms with Crippen LogP contribution in [0.2, 0.25) is 0 Å². The third-order valence-corrected chi connectivity index (χ3v) is 5.41. The number of methoxy groups -OCH3 is 1. The highest BCUT2D eigenvalue weighted by molar-refractivity contribution is 7.80. The zero-order valence-electron chi connectivity index (χ0n) is 17.9. The van der Waals surface area contributed by atoms with Crippen LogP contribution in [0.5, 0.6) is 0 Å².